The third-order valence-corrected chi connectivity index (χ3v) is 6.06. The van der Waals surface area contributed by atoms with E-state index in [4.69, 9.17) is 30.8 Å². The Balaban J connectivity index is 1.62. The zero-order valence-electron chi connectivity index (χ0n) is 18.9. The van der Waals surface area contributed by atoms with Crippen molar-refractivity contribution in [2.24, 2.45) is 0 Å². The molecule has 0 bridgehead atoms. The summed E-state index contributed by atoms with van der Waals surface area (Å²) in [5.74, 6) is 0.484. The van der Waals surface area contributed by atoms with Crippen LogP contribution in [0.4, 0.5) is 8.78 Å². The van der Waals surface area contributed by atoms with E-state index in [0.717, 1.165) is 0 Å². The Hall–Kier alpha value is -3.39. The van der Waals surface area contributed by atoms with Gasteiger partial charge in [0.1, 0.15) is 36.1 Å². The van der Waals surface area contributed by atoms with Gasteiger partial charge >= 0.3 is 0 Å². The van der Waals surface area contributed by atoms with Crippen LogP contribution in [0, 0.1) is 5.82 Å². The van der Waals surface area contributed by atoms with Gasteiger partial charge in [0, 0.05) is 11.1 Å². The number of hydrogen-bond acceptors (Lipinski definition) is 5. The van der Waals surface area contributed by atoms with E-state index >= 15 is 0 Å². The van der Waals surface area contributed by atoms with Gasteiger partial charge in [-0.05, 0) is 55.5 Å². The first kappa shape index (κ1) is 23.8. The van der Waals surface area contributed by atoms with Crippen molar-refractivity contribution in [2.45, 2.75) is 12.5 Å². The lowest BCUT2D eigenvalue weighted by Gasteiger charge is -2.16. The van der Waals surface area contributed by atoms with Gasteiger partial charge < -0.3 is 19.1 Å². The first-order valence-corrected chi connectivity index (χ1v) is 10.9. The van der Waals surface area contributed by atoms with Crippen LogP contribution in [0.3, 0.4) is 0 Å². The molecule has 4 rings (SSSR count). The molecule has 2 heterocycles. The summed E-state index contributed by atoms with van der Waals surface area (Å²) in [4.78, 5) is 19.6. The maximum Gasteiger partial charge on any atom is 0.254 e. The average Bonchev–Trinajstić information content (AvgIpc) is 3.56. The number of methoxy groups -OCH3 is 2. The molecule has 6 nitrogen and oxygen atoms in total. The smallest absolute Gasteiger partial charge is 0.254 e. The molecule has 0 saturated carbocycles. The predicted molar refractivity (Wildman–Crippen MR) is 124 cm³/mol. The number of nitrogens with zero attached hydrogens (tertiary/aromatic N) is 2. The number of pyridine rings is 1. The Bertz CT molecular complexity index is 1240. The second kappa shape index (κ2) is 9.46. The van der Waals surface area contributed by atoms with Crippen LogP contribution in [0.25, 0.3) is 11.3 Å². The van der Waals surface area contributed by atoms with Crippen LogP contribution < -0.4 is 14.2 Å². The summed E-state index contributed by atoms with van der Waals surface area (Å²) in [7, 11) is 2.98. The molecular weight excluding hydrogens is 466 g/mol. The van der Waals surface area contributed by atoms with Gasteiger partial charge in [0.05, 0.1) is 31.5 Å². The summed E-state index contributed by atoms with van der Waals surface area (Å²) >= 11 is 5.96. The topological polar surface area (TPSA) is 60.7 Å². The number of benzene rings is 2. The van der Waals surface area contributed by atoms with Crippen molar-refractivity contribution in [3.63, 3.8) is 0 Å². The Morgan fingerprint density at radius 1 is 1.09 bits per heavy atom. The molecule has 1 aromatic heterocycles. The van der Waals surface area contributed by atoms with Gasteiger partial charge in [-0.3, -0.25) is 4.79 Å². The fraction of sp³-hybridized carbons (Fsp3) is 0.280. The maximum atomic E-state index is 13.7. The number of ether oxygens (including phenoxy) is 3. The van der Waals surface area contributed by atoms with Gasteiger partial charge in [-0.1, -0.05) is 11.6 Å². The summed E-state index contributed by atoms with van der Waals surface area (Å²) in [5.41, 5.74) is 1.52. The Labute approximate surface area is 201 Å². The third-order valence-electron chi connectivity index (χ3n) is 5.77. The molecule has 0 N–H and O–H groups in total. The quantitative estimate of drug-likeness (QED) is 0.404. The van der Waals surface area contributed by atoms with E-state index in [-0.39, 0.29) is 17.5 Å². The summed E-state index contributed by atoms with van der Waals surface area (Å²) < 4.78 is 42.1. The second-order valence-corrected chi connectivity index (χ2v) is 8.35. The van der Waals surface area contributed by atoms with E-state index in [1.165, 1.54) is 26.4 Å². The van der Waals surface area contributed by atoms with Crippen LogP contribution >= 0.6 is 11.6 Å². The van der Waals surface area contributed by atoms with Gasteiger partial charge in [0.25, 0.3) is 5.91 Å². The lowest BCUT2D eigenvalue weighted by atomic mass is 10.0. The van der Waals surface area contributed by atoms with Gasteiger partial charge in [0.2, 0.25) is 0 Å². The van der Waals surface area contributed by atoms with Crippen molar-refractivity contribution < 1.29 is 27.8 Å². The zero-order valence-corrected chi connectivity index (χ0v) is 19.7. The summed E-state index contributed by atoms with van der Waals surface area (Å²) in [6.45, 7) is 1.64. The molecule has 1 atom stereocenters. The second-order valence-electron chi connectivity index (χ2n) is 7.94. The Morgan fingerprint density at radius 3 is 2.50 bits per heavy atom. The lowest BCUT2D eigenvalue weighted by molar-refractivity contribution is 0.0855. The molecule has 1 fully saturated rings. The molecule has 1 saturated heterocycles. The van der Waals surface area contributed by atoms with Crippen molar-refractivity contribution in [3.05, 3.63) is 70.6 Å². The summed E-state index contributed by atoms with van der Waals surface area (Å²) in [5, 5.41) is -0.0194. The standard InChI is InChI=1S/C25H23ClF2N2O4/c1-25(14-30(25)24(31)16-5-7-19(34-11-10-27)21(13-16)33-3)22-9-8-20(32-2)23(29-22)15-4-6-18(28)17(26)12-15/h4-9,12-13H,10-11,14H2,1-3H3. The number of amides is 1. The van der Waals surface area contributed by atoms with Gasteiger partial charge in [0.15, 0.2) is 11.5 Å². The maximum absolute atomic E-state index is 13.7. The highest BCUT2D eigenvalue weighted by atomic mass is 35.5. The van der Waals surface area contributed by atoms with Crippen molar-refractivity contribution in [1.82, 2.24) is 9.88 Å². The van der Waals surface area contributed by atoms with Crippen LogP contribution in [0.2, 0.25) is 5.02 Å². The average molecular weight is 489 g/mol. The van der Waals surface area contributed by atoms with E-state index in [1.54, 1.807) is 41.3 Å². The number of hydrogen-bond donors (Lipinski definition) is 0. The predicted octanol–water partition coefficient (Wildman–Crippen LogP) is 5.28. The van der Waals surface area contributed by atoms with Crippen LogP contribution in [-0.4, -0.2) is 49.8 Å². The molecule has 0 spiro atoms. The van der Waals surface area contributed by atoms with Crippen molar-refractivity contribution in [2.75, 3.05) is 34.0 Å². The van der Waals surface area contributed by atoms with Crippen LogP contribution in [0.15, 0.2) is 48.5 Å². The SMILES string of the molecule is COc1cc(C(=O)N2CC2(C)c2ccc(OC)c(-c3ccc(F)c(Cl)c3)n2)ccc1OCCF. The number of halogens is 3. The molecule has 2 aromatic carbocycles. The minimum Gasteiger partial charge on any atom is -0.494 e. The lowest BCUT2D eigenvalue weighted by Crippen LogP contribution is -2.20. The van der Waals surface area contributed by atoms with E-state index in [9.17, 15) is 13.6 Å². The molecule has 1 aliphatic rings. The van der Waals surface area contributed by atoms with Gasteiger partial charge in [-0.2, -0.15) is 0 Å². The first-order valence-electron chi connectivity index (χ1n) is 10.5. The third kappa shape index (κ3) is 4.37. The highest BCUT2D eigenvalue weighted by Crippen LogP contribution is 2.44. The molecule has 0 aliphatic carbocycles. The van der Waals surface area contributed by atoms with Gasteiger partial charge in [-0.25, -0.2) is 13.8 Å². The van der Waals surface area contributed by atoms with E-state index in [2.05, 4.69) is 0 Å². The highest BCUT2D eigenvalue weighted by Gasteiger charge is 2.53. The number of aromatic nitrogens is 1. The van der Waals surface area contributed by atoms with Crippen molar-refractivity contribution in [1.29, 1.82) is 0 Å². The van der Waals surface area contributed by atoms with E-state index in [0.29, 0.717) is 46.3 Å². The van der Waals surface area contributed by atoms with Crippen molar-refractivity contribution >= 4 is 17.5 Å². The molecule has 34 heavy (non-hydrogen) atoms. The largest absolute Gasteiger partial charge is 0.494 e. The number of carbonyl (C=O) groups excluding carboxylic acids is 1. The molecule has 178 valence electrons. The fourth-order valence-corrected chi connectivity index (χ4v) is 3.95. The van der Waals surface area contributed by atoms with Crippen LogP contribution in [0.1, 0.15) is 23.0 Å². The van der Waals surface area contributed by atoms with Gasteiger partial charge in [-0.15, -0.1) is 0 Å². The molecule has 1 aliphatic heterocycles. The molecule has 1 amide bonds. The molecule has 9 heteroatoms. The number of carbonyl (C=O) groups is 1. The Kier molecular flexibility index (Phi) is 6.61. The Morgan fingerprint density at radius 2 is 1.82 bits per heavy atom. The van der Waals surface area contributed by atoms with E-state index in [1.807, 2.05) is 6.92 Å². The van der Waals surface area contributed by atoms with Crippen LogP contribution in [-0.2, 0) is 5.54 Å². The van der Waals surface area contributed by atoms with Crippen LogP contribution in [0.5, 0.6) is 17.2 Å². The number of alkyl halides is 1. The summed E-state index contributed by atoms with van der Waals surface area (Å²) in [6, 6.07) is 12.7. The number of rotatable bonds is 8. The zero-order chi connectivity index (χ0) is 24.5. The minimum absolute atomic E-state index is 0.0194. The highest BCUT2D eigenvalue weighted by molar-refractivity contribution is 6.31. The fourth-order valence-electron chi connectivity index (χ4n) is 3.77. The molecular formula is C25H23ClF2N2O4. The monoisotopic (exact) mass is 488 g/mol. The normalized spacial score (nSPS) is 16.8. The minimum atomic E-state index is -0.640. The molecule has 1 unspecified atom stereocenters. The first-order chi connectivity index (χ1) is 16.3. The van der Waals surface area contributed by atoms with E-state index < -0.39 is 18.0 Å². The molecule has 3 aromatic rings. The summed E-state index contributed by atoms with van der Waals surface area (Å²) in [6.07, 6.45) is 0. The van der Waals surface area contributed by atoms with Crippen molar-refractivity contribution in [3.8, 4) is 28.5 Å². The molecule has 0 radical (unpaired) electrons.